The summed E-state index contributed by atoms with van der Waals surface area (Å²) in [6.45, 7) is 11.4. The Hall–Kier alpha value is -2.37. The number of aromatic nitrogens is 2. The van der Waals surface area contributed by atoms with Crippen molar-refractivity contribution in [2.75, 3.05) is 13.1 Å². The molecule has 0 saturated carbocycles. The van der Waals surface area contributed by atoms with E-state index in [0.29, 0.717) is 31.2 Å². The van der Waals surface area contributed by atoms with Crippen molar-refractivity contribution in [1.29, 1.82) is 0 Å². The molecule has 1 saturated heterocycles. The van der Waals surface area contributed by atoms with Crippen molar-refractivity contribution in [3.63, 3.8) is 0 Å². The summed E-state index contributed by atoms with van der Waals surface area (Å²) >= 11 is 0. The van der Waals surface area contributed by atoms with Gasteiger partial charge in [0.2, 0.25) is 0 Å². The van der Waals surface area contributed by atoms with Crippen molar-refractivity contribution in [2.45, 2.75) is 46.8 Å². The zero-order valence-corrected chi connectivity index (χ0v) is 16.2. The summed E-state index contributed by atoms with van der Waals surface area (Å²) in [6, 6.07) is 7.82. The third-order valence-electron chi connectivity index (χ3n) is 4.46. The number of ether oxygens (including phenoxy) is 1. The Bertz CT molecular complexity index is 826. The van der Waals surface area contributed by atoms with Crippen LogP contribution in [-0.2, 0) is 11.3 Å². The highest BCUT2D eigenvalue weighted by atomic mass is 16.6. The molecule has 1 fully saturated rings. The molecule has 0 radical (unpaired) electrons. The predicted molar refractivity (Wildman–Crippen MR) is 100 cm³/mol. The number of nitrogens with zero attached hydrogens (tertiary/aromatic N) is 3. The Morgan fingerprint density at radius 1 is 1.23 bits per heavy atom. The van der Waals surface area contributed by atoms with Crippen LogP contribution in [0.1, 0.15) is 45.1 Å². The maximum atomic E-state index is 12.5. The fourth-order valence-corrected chi connectivity index (χ4v) is 3.13. The lowest BCUT2D eigenvalue weighted by atomic mass is 10.0. The number of benzene rings is 1. The highest BCUT2D eigenvalue weighted by Crippen LogP contribution is 2.25. The molecule has 0 aliphatic carbocycles. The van der Waals surface area contributed by atoms with Crippen molar-refractivity contribution in [3.8, 4) is 0 Å². The lowest BCUT2D eigenvalue weighted by molar-refractivity contribution is -0.00364. The molecule has 6 nitrogen and oxygen atoms in total. The number of amides is 1. The summed E-state index contributed by atoms with van der Waals surface area (Å²) in [6.07, 6.45) is -0.269. The van der Waals surface area contributed by atoms with Gasteiger partial charge in [0, 0.05) is 36.9 Å². The number of carbonyl (C=O) groups is 2. The number of rotatable bonds is 4. The van der Waals surface area contributed by atoms with Gasteiger partial charge in [-0.1, -0.05) is 32.0 Å². The molecule has 2 aromatic rings. The molecule has 6 heteroatoms. The van der Waals surface area contributed by atoms with E-state index in [9.17, 15) is 9.59 Å². The van der Waals surface area contributed by atoms with Crippen LogP contribution in [0.15, 0.2) is 24.3 Å². The zero-order chi connectivity index (χ0) is 19.1. The van der Waals surface area contributed by atoms with Gasteiger partial charge in [-0.2, -0.15) is 5.10 Å². The highest BCUT2D eigenvalue weighted by molar-refractivity contribution is 6.06. The van der Waals surface area contributed by atoms with Crippen molar-refractivity contribution >= 4 is 22.8 Å². The van der Waals surface area contributed by atoms with E-state index >= 15 is 0 Å². The monoisotopic (exact) mass is 357 g/mol. The normalized spacial score (nSPS) is 15.4. The third-order valence-corrected chi connectivity index (χ3v) is 4.46. The van der Waals surface area contributed by atoms with Gasteiger partial charge in [0.25, 0.3) is 0 Å². The van der Waals surface area contributed by atoms with Gasteiger partial charge in [-0.3, -0.25) is 9.48 Å². The largest absolute Gasteiger partial charge is 0.444 e. The van der Waals surface area contributed by atoms with Gasteiger partial charge in [-0.15, -0.1) is 0 Å². The number of likely N-dealkylation sites (tertiary alicyclic amines) is 1. The molecule has 1 aliphatic rings. The Balaban J connectivity index is 1.71. The maximum Gasteiger partial charge on any atom is 0.410 e. The SMILES string of the molecule is CC(C)C(=O)c1nn(CC2CN(C(=O)OC(C)(C)C)C2)c2ccccc12. The van der Waals surface area contributed by atoms with E-state index in [4.69, 9.17) is 4.74 Å². The second-order valence-electron chi connectivity index (χ2n) is 8.32. The topological polar surface area (TPSA) is 64.4 Å². The van der Waals surface area contributed by atoms with Gasteiger partial charge in [-0.05, 0) is 26.8 Å². The minimum atomic E-state index is -0.480. The highest BCUT2D eigenvalue weighted by Gasteiger charge is 2.34. The van der Waals surface area contributed by atoms with Crippen LogP contribution in [0.2, 0.25) is 0 Å². The van der Waals surface area contributed by atoms with Gasteiger partial charge < -0.3 is 9.64 Å². The van der Waals surface area contributed by atoms with Crippen LogP contribution >= 0.6 is 0 Å². The average molecular weight is 357 g/mol. The minimum absolute atomic E-state index is 0.0592. The van der Waals surface area contributed by atoms with Gasteiger partial charge in [-0.25, -0.2) is 4.79 Å². The van der Waals surface area contributed by atoms with E-state index in [-0.39, 0.29) is 17.8 Å². The molecule has 26 heavy (non-hydrogen) atoms. The van der Waals surface area contributed by atoms with E-state index < -0.39 is 5.60 Å². The zero-order valence-electron chi connectivity index (χ0n) is 16.2. The Kier molecular flexibility index (Phi) is 4.78. The van der Waals surface area contributed by atoms with Crippen LogP contribution < -0.4 is 0 Å². The summed E-state index contributed by atoms with van der Waals surface area (Å²) in [5.74, 6) is 0.282. The molecule has 2 heterocycles. The first-order valence-electron chi connectivity index (χ1n) is 9.13. The van der Waals surface area contributed by atoms with E-state index in [0.717, 1.165) is 10.9 Å². The lowest BCUT2D eigenvalue weighted by Gasteiger charge is -2.39. The quantitative estimate of drug-likeness (QED) is 0.782. The number of fused-ring (bicyclic) bond motifs is 1. The van der Waals surface area contributed by atoms with Crippen LogP contribution in [0.3, 0.4) is 0 Å². The molecule has 1 aromatic heterocycles. The summed E-state index contributed by atoms with van der Waals surface area (Å²) in [5.41, 5.74) is 1.03. The van der Waals surface area contributed by atoms with Gasteiger partial charge in [0.05, 0.1) is 5.52 Å². The van der Waals surface area contributed by atoms with Gasteiger partial charge >= 0.3 is 6.09 Å². The first-order valence-corrected chi connectivity index (χ1v) is 9.13. The molecule has 0 bridgehead atoms. The lowest BCUT2D eigenvalue weighted by Crippen LogP contribution is -2.52. The molecule has 0 unspecified atom stereocenters. The van der Waals surface area contributed by atoms with E-state index in [1.54, 1.807) is 4.90 Å². The van der Waals surface area contributed by atoms with E-state index in [1.807, 2.05) is 63.6 Å². The third kappa shape index (κ3) is 3.74. The van der Waals surface area contributed by atoms with Gasteiger partial charge in [0.1, 0.15) is 11.3 Å². The average Bonchev–Trinajstić information content (AvgIpc) is 2.86. The summed E-state index contributed by atoms with van der Waals surface area (Å²) < 4.78 is 7.30. The molecular formula is C20H27N3O3. The first-order chi connectivity index (χ1) is 12.2. The Morgan fingerprint density at radius 2 is 1.88 bits per heavy atom. The molecular weight excluding hydrogens is 330 g/mol. The van der Waals surface area contributed by atoms with Crippen molar-refractivity contribution in [2.24, 2.45) is 11.8 Å². The van der Waals surface area contributed by atoms with Crippen LogP contribution in [0.5, 0.6) is 0 Å². The van der Waals surface area contributed by atoms with Crippen molar-refractivity contribution in [1.82, 2.24) is 14.7 Å². The summed E-state index contributed by atoms with van der Waals surface area (Å²) in [5, 5.41) is 5.49. The van der Waals surface area contributed by atoms with Crippen LogP contribution in [0, 0.1) is 11.8 Å². The minimum Gasteiger partial charge on any atom is -0.444 e. The molecule has 3 rings (SSSR count). The molecule has 140 valence electrons. The standard InChI is InChI=1S/C20H27N3O3/c1-13(2)18(24)17-15-8-6-7-9-16(15)23(21-17)12-14-10-22(11-14)19(25)26-20(3,4)5/h6-9,13-14H,10-12H2,1-5H3. The smallest absolute Gasteiger partial charge is 0.410 e. The second kappa shape index (κ2) is 6.74. The number of hydrogen-bond donors (Lipinski definition) is 0. The number of para-hydroxylation sites is 1. The fourth-order valence-electron chi connectivity index (χ4n) is 3.13. The fraction of sp³-hybridized carbons (Fsp3) is 0.550. The molecule has 1 aromatic carbocycles. The van der Waals surface area contributed by atoms with Crippen molar-refractivity contribution < 1.29 is 14.3 Å². The Labute approximate surface area is 154 Å². The summed E-state index contributed by atoms with van der Waals surface area (Å²) in [7, 11) is 0. The second-order valence-corrected chi connectivity index (χ2v) is 8.32. The van der Waals surface area contributed by atoms with Crippen molar-refractivity contribution in [3.05, 3.63) is 30.0 Å². The number of hydrogen-bond acceptors (Lipinski definition) is 4. The van der Waals surface area contributed by atoms with Crippen LogP contribution in [0.25, 0.3) is 10.9 Å². The number of carbonyl (C=O) groups excluding carboxylic acids is 2. The number of ketones is 1. The number of Topliss-reactive ketones (excluding diaryl/α,β-unsaturated/α-hetero) is 1. The van der Waals surface area contributed by atoms with E-state index in [1.165, 1.54) is 0 Å². The predicted octanol–water partition coefficient (Wildman–Crippen LogP) is 3.74. The maximum absolute atomic E-state index is 12.5. The molecule has 0 N–H and O–H groups in total. The molecule has 0 spiro atoms. The Morgan fingerprint density at radius 3 is 2.50 bits per heavy atom. The summed E-state index contributed by atoms with van der Waals surface area (Å²) in [4.78, 5) is 26.2. The van der Waals surface area contributed by atoms with E-state index in [2.05, 4.69) is 5.10 Å². The van der Waals surface area contributed by atoms with Crippen LogP contribution in [0.4, 0.5) is 4.79 Å². The van der Waals surface area contributed by atoms with Crippen LogP contribution in [-0.4, -0.2) is 45.2 Å². The molecule has 1 aliphatic heterocycles. The van der Waals surface area contributed by atoms with Gasteiger partial charge in [0.15, 0.2) is 5.78 Å². The molecule has 1 amide bonds. The first kappa shape index (κ1) is 18.4. The molecule has 0 atom stereocenters.